The molecule has 0 saturated carbocycles. The van der Waals surface area contributed by atoms with Crippen LogP contribution < -0.4 is 5.32 Å². The second-order valence-corrected chi connectivity index (χ2v) is 3.85. The van der Waals surface area contributed by atoms with E-state index in [-0.39, 0.29) is 0 Å². The summed E-state index contributed by atoms with van der Waals surface area (Å²) in [4.78, 5) is 4.40. The van der Waals surface area contributed by atoms with Gasteiger partial charge in [0.15, 0.2) is 0 Å². The molecule has 0 atom stereocenters. The van der Waals surface area contributed by atoms with Crippen molar-refractivity contribution >= 4 is 0 Å². The number of imidazole rings is 1. The van der Waals surface area contributed by atoms with Gasteiger partial charge in [0.05, 0.1) is 0 Å². The molecule has 1 heterocycles. The summed E-state index contributed by atoms with van der Waals surface area (Å²) in [6.07, 6.45) is 8.76. The Labute approximate surface area is 92.9 Å². The minimum Gasteiger partial charge on any atom is -0.335 e. The van der Waals surface area contributed by atoms with Crippen molar-refractivity contribution in [3.05, 3.63) is 18.2 Å². The van der Waals surface area contributed by atoms with Gasteiger partial charge >= 0.3 is 0 Å². The van der Waals surface area contributed by atoms with Crippen molar-refractivity contribution in [1.29, 1.82) is 0 Å². The second-order valence-electron chi connectivity index (χ2n) is 3.85. The summed E-state index contributed by atoms with van der Waals surface area (Å²) in [5.41, 5.74) is 0. The van der Waals surface area contributed by atoms with Crippen LogP contribution in [0.5, 0.6) is 0 Å². The third-order valence-corrected chi connectivity index (χ3v) is 2.52. The Morgan fingerprint density at radius 3 is 2.93 bits per heavy atom. The molecule has 1 N–H and O–H groups in total. The molecule has 3 nitrogen and oxygen atoms in total. The minimum atomic E-state index is 1.07. The molecule has 0 unspecified atom stereocenters. The first-order valence-corrected chi connectivity index (χ1v) is 6.09. The Hall–Kier alpha value is -0.830. The van der Waals surface area contributed by atoms with Gasteiger partial charge in [-0.15, -0.1) is 0 Å². The average molecular weight is 209 g/mol. The molecule has 0 spiro atoms. The molecule has 0 bridgehead atoms. The van der Waals surface area contributed by atoms with E-state index >= 15 is 0 Å². The summed E-state index contributed by atoms with van der Waals surface area (Å²) in [6.45, 7) is 7.65. The zero-order valence-electron chi connectivity index (χ0n) is 10.00. The Balaban J connectivity index is 2.21. The predicted octanol–water partition coefficient (Wildman–Crippen LogP) is 2.23. The van der Waals surface area contributed by atoms with E-state index in [1.54, 1.807) is 0 Å². The van der Waals surface area contributed by atoms with Gasteiger partial charge in [-0.2, -0.15) is 0 Å². The molecule has 0 amide bonds. The molecule has 0 radical (unpaired) electrons. The molecule has 86 valence electrons. The number of unbranched alkanes of at least 4 members (excludes halogenated alkanes) is 1. The number of nitrogens with one attached hydrogen (secondary N) is 1. The van der Waals surface area contributed by atoms with Crippen LogP contribution in [-0.2, 0) is 13.0 Å². The highest BCUT2D eigenvalue weighted by Gasteiger charge is 2.00. The van der Waals surface area contributed by atoms with Crippen molar-refractivity contribution in [2.24, 2.45) is 0 Å². The summed E-state index contributed by atoms with van der Waals surface area (Å²) in [5.74, 6) is 1.24. The number of hydrogen-bond acceptors (Lipinski definition) is 2. The van der Waals surface area contributed by atoms with Crippen LogP contribution in [-0.4, -0.2) is 22.6 Å². The van der Waals surface area contributed by atoms with E-state index in [9.17, 15) is 0 Å². The Morgan fingerprint density at radius 1 is 1.33 bits per heavy atom. The zero-order valence-corrected chi connectivity index (χ0v) is 10.00. The molecule has 0 aromatic carbocycles. The molecule has 0 aliphatic heterocycles. The SMILES string of the molecule is CCCn1ccnc1CCCCNCC. The zero-order chi connectivity index (χ0) is 10.9. The van der Waals surface area contributed by atoms with Gasteiger partial charge in [0.25, 0.3) is 0 Å². The quantitative estimate of drug-likeness (QED) is 0.665. The highest BCUT2D eigenvalue weighted by atomic mass is 15.1. The minimum absolute atomic E-state index is 1.07. The van der Waals surface area contributed by atoms with Crippen molar-refractivity contribution in [3.8, 4) is 0 Å². The topological polar surface area (TPSA) is 29.9 Å². The summed E-state index contributed by atoms with van der Waals surface area (Å²) >= 11 is 0. The molecule has 15 heavy (non-hydrogen) atoms. The average Bonchev–Trinajstić information content (AvgIpc) is 2.66. The van der Waals surface area contributed by atoms with E-state index in [0.29, 0.717) is 0 Å². The van der Waals surface area contributed by atoms with Gasteiger partial charge in [0, 0.05) is 25.4 Å². The summed E-state index contributed by atoms with van der Waals surface area (Å²) in [5, 5.41) is 3.34. The fraction of sp³-hybridized carbons (Fsp3) is 0.750. The number of aryl methyl sites for hydroxylation is 2. The molecule has 0 aliphatic carbocycles. The fourth-order valence-corrected chi connectivity index (χ4v) is 1.72. The van der Waals surface area contributed by atoms with Crippen LogP contribution in [0, 0.1) is 0 Å². The van der Waals surface area contributed by atoms with Crippen LogP contribution in [0.15, 0.2) is 12.4 Å². The van der Waals surface area contributed by atoms with Crippen molar-refractivity contribution in [1.82, 2.24) is 14.9 Å². The third-order valence-electron chi connectivity index (χ3n) is 2.52. The lowest BCUT2D eigenvalue weighted by molar-refractivity contribution is 0.594. The summed E-state index contributed by atoms with van der Waals surface area (Å²) < 4.78 is 2.27. The van der Waals surface area contributed by atoms with E-state index in [1.807, 2.05) is 6.20 Å². The Kier molecular flexibility index (Phi) is 6.09. The Morgan fingerprint density at radius 2 is 2.20 bits per heavy atom. The predicted molar refractivity (Wildman–Crippen MR) is 64.0 cm³/mol. The summed E-state index contributed by atoms with van der Waals surface area (Å²) in [7, 11) is 0. The van der Waals surface area contributed by atoms with E-state index in [2.05, 4.69) is 34.9 Å². The van der Waals surface area contributed by atoms with E-state index < -0.39 is 0 Å². The molecular formula is C12H23N3. The normalized spacial score (nSPS) is 10.8. The van der Waals surface area contributed by atoms with Crippen molar-refractivity contribution < 1.29 is 0 Å². The molecule has 0 aliphatic rings. The fourth-order valence-electron chi connectivity index (χ4n) is 1.72. The van der Waals surface area contributed by atoms with Crippen LogP contribution in [0.25, 0.3) is 0 Å². The standard InChI is InChI=1S/C12H23N3/c1-3-10-15-11-9-14-12(15)7-5-6-8-13-4-2/h9,11,13H,3-8,10H2,1-2H3. The van der Waals surface area contributed by atoms with E-state index in [1.165, 1.54) is 25.1 Å². The van der Waals surface area contributed by atoms with Crippen molar-refractivity contribution in [2.45, 2.75) is 46.1 Å². The second kappa shape index (κ2) is 7.46. The first-order valence-electron chi connectivity index (χ1n) is 6.09. The van der Waals surface area contributed by atoms with Crippen molar-refractivity contribution in [3.63, 3.8) is 0 Å². The largest absolute Gasteiger partial charge is 0.335 e. The smallest absolute Gasteiger partial charge is 0.108 e. The number of aromatic nitrogens is 2. The lowest BCUT2D eigenvalue weighted by atomic mass is 10.2. The molecule has 1 aromatic heterocycles. The van der Waals surface area contributed by atoms with Gasteiger partial charge in [-0.1, -0.05) is 13.8 Å². The van der Waals surface area contributed by atoms with Gasteiger partial charge in [0.1, 0.15) is 5.82 Å². The van der Waals surface area contributed by atoms with E-state index in [4.69, 9.17) is 0 Å². The lowest BCUT2D eigenvalue weighted by Crippen LogP contribution is -2.14. The molecule has 0 fully saturated rings. The van der Waals surface area contributed by atoms with Crippen LogP contribution in [0.1, 0.15) is 38.9 Å². The first-order chi connectivity index (χ1) is 7.38. The number of hydrogen-bond donors (Lipinski definition) is 1. The molecular weight excluding hydrogens is 186 g/mol. The van der Waals surface area contributed by atoms with Gasteiger partial charge in [-0.3, -0.25) is 0 Å². The van der Waals surface area contributed by atoms with E-state index in [0.717, 1.165) is 26.1 Å². The number of rotatable bonds is 8. The number of nitrogens with zero attached hydrogens (tertiary/aromatic N) is 2. The maximum atomic E-state index is 4.40. The monoisotopic (exact) mass is 209 g/mol. The van der Waals surface area contributed by atoms with Gasteiger partial charge < -0.3 is 9.88 Å². The molecule has 1 aromatic rings. The van der Waals surface area contributed by atoms with Gasteiger partial charge in [-0.25, -0.2) is 4.98 Å². The van der Waals surface area contributed by atoms with Gasteiger partial charge in [0.2, 0.25) is 0 Å². The van der Waals surface area contributed by atoms with Crippen molar-refractivity contribution in [2.75, 3.05) is 13.1 Å². The van der Waals surface area contributed by atoms with Crippen LogP contribution >= 0.6 is 0 Å². The van der Waals surface area contributed by atoms with Crippen LogP contribution in [0.2, 0.25) is 0 Å². The summed E-state index contributed by atoms with van der Waals surface area (Å²) in [6, 6.07) is 0. The first kappa shape index (κ1) is 12.2. The molecule has 3 heteroatoms. The van der Waals surface area contributed by atoms with Crippen LogP contribution in [0.4, 0.5) is 0 Å². The Bertz CT molecular complexity index is 255. The highest BCUT2D eigenvalue weighted by molar-refractivity contribution is 4.92. The maximum absolute atomic E-state index is 4.40. The highest BCUT2D eigenvalue weighted by Crippen LogP contribution is 2.04. The van der Waals surface area contributed by atoms with Gasteiger partial charge in [-0.05, 0) is 32.4 Å². The maximum Gasteiger partial charge on any atom is 0.108 e. The van der Waals surface area contributed by atoms with Crippen LogP contribution in [0.3, 0.4) is 0 Å². The molecule has 1 rings (SSSR count). The lowest BCUT2D eigenvalue weighted by Gasteiger charge is -2.06. The molecule has 0 saturated heterocycles. The third kappa shape index (κ3) is 4.47.